The molecular weight excluding hydrogens is 326 g/mol. The predicted molar refractivity (Wildman–Crippen MR) is 87.7 cm³/mol. The first kappa shape index (κ1) is 18.6. The second kappa shape index (κ2) is 8.93. The number of benzene rings is 1. The van der Waals surface area contributed by atoms with Crippen LogP contribution in [-0.4, -0.2) is 40.3 Å². The Hall–Kier alpha value is -2.74. The highest BCUT2D eigenvalue weighted by Crippen LogP contribution is 2.11. The molecule has 1 aromatic heterocycles. The van der Waals surface area contributed by atoms with E-state index in [0.717, 1.165) is 11.1 Å². The van der Waals surface area contributed by atoms with Gasteiger partial charge in [-0.25, -0.2) is 0 Å². The summed E-state index contributed by atoms with van der Waals surface area (Å²) in [5, 5.41) is 15.5. The van der Waals surface area contributed by atoms with Crippen LogP contribution in [0.15, 0.2) is 28.8 Å². The molecule has 134 valence electrons. The van der Waals surface area contributed by atoms with Gasteiger partial charge >= 0.3 is 5.97 Å². The minimum absolute atomic E-state index is 0.0277. The molecule has 0 radical (unpaired) electrons. The van der Waals surface area contributed by atoms with Crippen LogP contribution < -0.4 is 5.32 Å². The van der Waals surface area contributed by atoms with Gasteiger partial charge in [-0.05, 0) is 25.8 Å². The fraction of sp³-hybridized carbons (Fsp3) is 0.412. The number of hydrogen-bond donors (Lipinski definition) is 2. The Kier molecular flexibility index (Phi) is 6.64. The van der Waals surface area contributed by atoms with E-state index in [2.05, 4.69) is 15.5 Å². The summed E-state index contributed by atoms with van der Waals surface area (Å²) < 4.78 is 10.0. The highest BCUT2D eigenvalue weighted by molar-refractivity contribution is 5.78. The van der Waals surface area contributed by atoms with Gasteiger partial charge in [-0.3, -0.25) is 9.59 Å². The SMILES string of the molecule is Cc1cccc(CC(CNC(=O)COCc2nc(C)no2)C(=O)O)c1. The van der Waals surface area contributed by atoms with Crippen molar-refractivity contribution in [3.63, 3.8) is 0 Å². The molecule has 25 heavy (non-hydrogen) atoms. The highest BCUT2D eigenvalue weighted by Gasteiger charge is 2.19. The molecule has 2 rings (SSSR count). The molecule has 1 atom stereocenters. The number of aryl methyl sites for hydroxylation is 2. The number of rotatable bonds is 9. The Bertz CT molecular complexity index is 729. The summed E-state index contributed by atoms with van der Waals surface area (Å²) in [5.74, 6) is -1.28. The van der Waals surface area contributed by atoms with Crippen molar-refractivity contribution in [2.45, 2.75) is 26.9 Å². The Morgan fingerprint density at radius 1 is 1.36 bits per heavy atom. The van der Waals surface area contributed by atoms with Crippen LogP contribution in [0.5, 0.6) is 0 Å². The zero-order chi connectivity index (χ0) is 18.2. The topological polar surface area (TPSA) is 115 Å². The quantitative estimate of drug-likeness (QED) is 0.702. The third-order valence-electron chi connectivity index (χ3n) is 3.49. The maximum absolute atomic E-state index is 11.8. The minimum Gasteiger partial charge on any atom is -0.481 e. The van der Waals surface area contributed by atoms with Crippen LogP contribution >= 0.6 is 0 Å². The van der Waals surface area contributed by atoms with Crippen LogP contribution in [0, 0.1) is 19.8 Å². The number of hydrogen-bond acceptors (Lipinski definition) is 6. The van der Waals surface area contributed by atoms with Crippen molar-refractivity contribution < 1.29 is 24.0 Å². The lowest BCUT2D eigenvalue weighted by Gasteiger charge is -2.14. The first-order valence-corrected chi connectivity index (χ1v) is 7.86. The molecule has 1 unspecified atom stereocenters. The fourth-order valence-corrected chi connectivity index (χ4v) is 2.29. The summed E-state index contributed by atoms with van der Waals surface area (Å²) in [5.41, 5.74) is 1.99. The van der Waals surface area contributed by atoms with Crippen LogP contribution in [0.25, 0.3) is 0 Å². The number of carboxylic acids is 1. The van der Waals surface area contributed by atoms with E-state index >= 15 is 0 Å². The summed E-state index contributed by atoms with van der Waals surface area (Å²) in [6.45, 7) is 3.48. The number of aliphatic carboxylic acids is 1. The molecule has 0 aliphatic carbocycles. The van der Waals surface area contributed by atoms with E-state index < -0.39 is 17.8 Å². The lowest BCUT2D eigenvalue weighted by molar-refractivity contribution is -0.141. The van der Waals surface area contributed by atoms with Crippen molar-refractivity contribution in [3.05, 3.63) is 47.1 Å². The summed E-state index contributed by atoms with van der Waals surface area (Å²) in [4.78, 5) is 27.1. The standard InChI is InChI=1S/C17H21N3O5/c1-11-4-3-5-13(6-11)7-14(17(22)23)8-18-15(21)9-24-10-16-19-12(2)20-25-16/h3-6,14H,7-10H2,1-2H3,(H,18,21)(H,22,23). The molecule has 0 saturated heterocycles. The highest BCUT2D eigenvalue weighted by atomic mass is 16.5. The van der Waals surface area contributed by atoms with E-state index in [1.165, 1.54) is 0 Å². The van der Waals surface area contributed by atoms with Gasteiger partial charge < -0.3 is 19.7 Å². The van der Waals surface area contributed by atoms with Gasteiger partial charge in [-0.2, -0.15) is 4.98 Å². The first-order valence-electron chi connectivity index (χ1n) is 7.86. The summed E-state index contributed by atoms with van der Waals surface area (Å²) in [6, 6.07) is 7.64. The summed E-state index contributed by atoms with van der Waals surface area (Å²) in [6.07, 6.45) is 0.347. The molecule has 0 saturated carbocycles. The molecule has 1 amide bonds. The lowest BCUT2D eigenvalue weighted by Crippen LogP contribution is -2.36. The average Bonchev–Trinajstić information content (AvgIpc) is 2.96. The molecule has 1 aromatic carbocycles. The third kappa shape index (κ3) is 6.34. The molecular formula is C17H21N3O5. The van der Waals surface area contributed by atoms with E-state index in [4.69, 9.17) is 9.26 Å². The third-order valence-corrected chi connectivity index (χ3v) is 3.49. The Balaban J connectivity index is 1.76. The van der Waals surface area contributed by atoms with E-state index in [1.54, 1.807) is 6.92 Å². The summed E-state index contributed by atoms with van der Waals surface area (Å²) >= 11 is 0. The van der Waals surface area contributed by atoms with Crippen molar-refractivity contribution in [2.24, 2.45) is 5.92 Å². The molecule has 8 nitrogen and oxygen atoms in total. The number of nitrogens with one attached hydrogen (secondary N) is 1. The largest absolute Gasteiger partial charge is 0.481 e. The normalized spacial score (nSPS) is 11.9. The Morgan fingerprint density at radius 2 is 2.16 bits per heavy atom. The summed E-state index contributed by atoms with van der Waals surface area (Å²) in [7, 11) is 0. The molecule has 0 aliphatic heterocycles. The van der Waals surface area contributed by atoms with Crippen molar-refractivity contribution in [3.8, 4) is 0 Å². The van der Waals surface area contributed by atoms with Crippen LogP contribution in [0.4, 0.5) is 0 Å². The van der Waals surface area contributed by atoms with Gasteiger partial charge in [0.15, 0.2) is 5.82 Å². The van der Waals surface area contributed by atoms with Crippen molar-refractivity contribution in [1.29, 1.82) is 0 Å². The zero-order valence-electron chi connectivity index (χ0n) is 14.2. The van der Waals surface area contributed by atoms with Gasteiger partial charge in [0, 0.05) is 6.54 Å². The first-order chi connectivity index (χ1) is 11.9. The number of aromatic nitrogens is 2. The van der Waals surface area contributed by atoms with Crippen LogP contribution in [-0.2, 0) is 27.4 Å². The second-order valence-corrected chi connectivity index (χ2v) is 5.76. The number of carboxylic acid groups (broad SMARTS) is 1. The van der Waals surface area contributed by atoms with Crippen LogP contribution in [0.2, 0.25) is 0 Å². The Labute approximate surface area is 145 Å². The molecule has 2 N–H and O–H groups in total. The van der Waals surface area contributed by atoms with Gasteiger partial charge in [0.2, 0.25) is 5.91 Å². The molecule has 0 spiro atoms. The van der Waals surface area contributed by atoms with Gasteiger partial charge in [0.25, 0.3) is 5.89 Å². The van der Waals surface area contributed by atoms with E-state index in [0.29, 0.717) is 12.2 Å². The molecule has 1 heterocycles. The smallest absolute Gasteiger partial charge is 0.308 e. The van der Waals surface area contributed by atoms with Gasteiger partial charge in [-0.1, -0.05) is 35.0 Å². The van der Waals surface area contributed by atoms with Gasteiger partial charge in [-0.15, -0.1) is 0 Å². The van der Waals surface area contributed by atoms with Crippen molar-refractivity contribution in [1.82, 2.24) is 15.5 Å². The lowest BCUT2D eigenvalue weighted by atomic mass is 9.98. The molecule has 0 fully saturated rings. The number of ether oxygens (including phenoxy) is 1. The second-order valence-electron chi connectivity index (χ2n) is 5.76. The predicted octanol–water partition coefficient (Wildman–Crippen LogP) is 1.26. The maximum Gasteiger partial charge on any atom is 0.308 e. The van der Waals surface area contributed by atoms with E-state index in [9.17, 15) is 14.7 Å². The monoisotopic (exact) mass is 347 g/mol. The molecule has 0 aliphatic rings. The van der Waals surface area contributed by atoms with Crippen molar-refractivity contribution >= 4 is 11.9 Å². The molecule has 2 aromatic rings. The molecule has 8 heteroatoms. The molecule has 0 bridgehead atoms. The number of nitrogens with zero attached hydrogens (tertiary/aromatic N) is 2. The number of carbonyl (C=O) groups is 2. The van der Waals surface area contributed by atoms with Crippen molar-refractivity contribution in [2.75, 3.05) is 13.2 Å². The van der Waals surface area contributed by atoms with E-state index in [-0.39, 0.29) is 25.6 Å². The van der Waals surface area contributed by atoms with Crippen LogP contribution in [0.3, 0.4) is 0 Å². The fourth-order valence-electron chi connectivity index (χ4n) is 2.29. The van der Waals surface area contributed by atoms with Gasteiger partial charge in [0.05, 0.1) is 5.92 Å². The average molecular weight is 347 g/mol. The maximum atomic E-state index is 11.8. The van der Waals surface area contributed by atoms with Crippen LogP contribution in [0.1, 0.15) is 22.8 Å². The minimum atomic E-state index is -0.955. The van der Waals surface area contributed by atoms with E-state index in [1.807, 2.05) is 31.2 Å². The Morgan fingerprint density at radius 3 is 2.80 bits per heavy atom. The number of carbonyl (C=O) groups excluding carboxylic acids is 1. The van der Waals surface area contributed by atoms with Gasteiger partial charge in [0.1, 0.15) is 13.2 Å². The zero-order valence-corrected chi connectivity index (χ0v) is 14.2. The number of amides is 1.